The topological polar surface area (TPSA) is 47.6 Å². The van der Waals surface area contributed by atoms with Gasteiger partial charge in [-0.15, -0.1) is 0 Å². The number of nitrogens with one attached hydrogen (secondary N) is 1. The van der Waals surface area contributed by atoms with Gasteiger partial charge in [-0.25, -0.2) is 4.79 Å². The molecule has 1 N–H and O–H groups in total. The van der Waals surface area contributed by atoms with Crippen molar-refractivity contribution in [1.82, 2.24) is 0 Å². The fourth-order valence-corrected chi connectivity index (χ4v) is 2.24. The van der Waals surface area contributed by atoms with E-state index in [1.54, 1.807) is 0 Å². The third kappa shape index (κ3) is 2.74. The first-order valence-corrected chi connectivity index (χ1v) is 6.65. The number of benzene rings is 2. The van der Waals surface area contributed by atoms with Crippen LogP contribution < -0.4 is 5.32 Å². The van der Waals surface area contributed by atoms with Gasteiger partial charge in [-0.05, 0) is 12.1 Å². The zero-order valence-electron chi connectivity index (χ0n) is 11.6. The summed E-state index contributed by atoms with van der Waals surface area (Å²) >= 11 is 0. The standard InChI is InChI=1S/C17H15NO3/c1-20-16(19)11-15-13-9-5-6-10-14(13)18-17(21-15)12-7-3-2-4-8-12/h2-11,17-18H,1H3. The normalized spacial score (nSPS) is 18.3. The fraction of sp³-hybridized carbons (Fsp3) is 0.118. The first-order valence-electron chi connectivity index (χ1n) is 6.65. The highest BCUT2D eigenvalue weighted by Gasteiger charge is 2.24. The molecule has 4 heteroatoms. The lowest BCUT2D eigenvalue weighted by Gasteiger charge is -2.30. The van der Waals surface area contributed by atoms with Crippen LogP contribution in [0, 0.1) is 0 Å². The number of hydrogen-bond acceptors (Lipinski definition) is 4. The van der Waals surface area contributed by atoms with E-state index in [0.29, 0.717) is 5.76 Å². The molecule has 0 spiro atoms. The molecule has 3 rings (SSSR count). The number of carbonyl (C=O) groups excluding carboxylic acids is 1. The highest BCUT2D eigenvalue weighted by atomic mass is 16.5. The minimum Gasteiger partial charge on any atom is -0.466 e. The number of ether oxygens (including phenoxy) is 2. The Morgan fingerprint density at radius 2 is 1.86 bits per heavy atom. The molecule has 0 saturated carbocycles. The molecule has 1 aliphatic rings. The van der Waals surface area contributed by atoms with Crippen molar-refractivity contribution in [3.05, 3.63) is 71.8 Å². The first-order chi connectivity index (χ1) is 10.3. The summed E-state index contributed by atoms with van der Waals surface area (Å²) in [6.45, 7) is 0. The zero-order valence-corrected chi connectivity index (χ0v) is 11.6. The van der Waals surface area contributed by atoms with Gasteiger partial charge in [0.05, 0.1) is 13.2 Å². The summed E-state index contributed by atoms with van der Waals surface area (Å²) in [5.41, 5.74) is 2.76. The van der Waals surface area contributed by atoms with Crippen molar-refractivity contribution in [2.75, 3.05) is 12.4 Å². The Kier molecular flexibility index (Phi) is 3.60. The van der Waals surface area contributed by atoms with Crippen molar-refractivity contribution >= 4 is 17.4 Å². The highest BCUT2D eigenvalue weighted by molar-refractivity contribution is 5.92. The molecule has 1 atom stereocenters. The Morgan fingerprint density at radius 1 is 1.14 bits per heavy atom. The number of methoxy groups -OCH3 is 1. The van der Waals surface area contributed by atoms with Gasteiger partial charge in [0.15, 0.2) is 6.23 Å². The van der Waals surface area contributed by atoms with Gasteiger partial charge in [0.1, 0.15) is 5.76 Å². The number of carbonyl (C=O) groups is 1. The molecule has 1 heterocycles. The summed E-state index contributed by atoms with van der Waals surface area (Å²) < 4.78 is 10.6. The summed E-state index contributed by atoms with van der Waals surface area (Å²) in [5, 5.41) is 3.32. The van der Waals surface area contributed by atoms with Crippen LogP contribution in [0.5, 0.6) is 0 Å². The molecule has 0 amide bonds. The molecule has 2 aromatic carbocycles. The number of hydrogen-bond donors (Lipinski definition) is 1. The van der Waals surface area contributed by atoms with E-state index in [9.17, 15) is 4.79 Å². The number of esters is 1. The molecule has 2 aromatic rings. The first kappa shape index (κ1) is 13.2. The maximum atomic E-state index is 11.5. The minimum absolute atomic E-state index is 0.336. The van der Waals surface area contributed by atoms with Gasteiger partial charge in [0.25, 0.3) is 0 Å². The maximum absolute atomic E-state index is 11.5. The van der Waals surface area contributed by atoms with Gasteiger partial charge in [-0.3, -0.25) is 0 Å². The Labute approximate surface area is 123 Å². The van der Waals surface area contributed by atoms with Crippen LogP contribution in [0.15, 0.2) is 60.7 Å². The molecule has 0 aliphatic carbocycles. The van der Waals surface area contributed by atoms with Crippen LogP contribution in [0.4, 0.5) is 5.69 Å². The number of para-hydroxylation sites is 1. The Morgan fingerprint density at radius 3 is 2.62 bits per heavy atom. The smallest absolute Gasteiger partial charge is 0.334 e. The largest absolute Gasteiger partial charge is 0.466 e. The molecule has 4 nitrogen and oxygen atoms in total. The summed E-state index contributed by atoms with van der Waals surface area (Å²) in [7, 11) is 1.35. The van der Waals surface area contributed by atoms with Crippen molar-refractivity contribution < 1.29 is 14.3 Å². The van der Waals surface area contributed by atoms with Crippen molar-refractivity contribution in [3.8, 4) is 0 Å². The highest BCUT2D eigenvalue weighted by Crippen LogP contribution is 2.36. The molecule has 21 heavy (non-hydrogen) atoms. The fourth-order valence-electron chi connectivity index (χ4n) is 2.24. The van der Waals surface area contributed by atoms with E-state index in [0.717, 1.165) is 16.8 Å². The zero-order chi connectivity index (χ0) is 14.7. The summed E-state index contributed by atoms with van der Waals surface area (Å²) in [4.78, 5) is 11.5. The average Bonchev–Trinajstić information content (AvgIpc) is 2.55. The minimum atomic E-state index is -0.437. The van der Waals surface area contributed by atoms with Gasteiger partial charge < -0.3 is 14.8 Å². The second-order valence-corrected chi connectivity index (χ2v) is 4.63. The van der Waals surface area contributed by atoms with Gasteiger partial charge in [-0.2, -0.15) is 0 Å². The molecule has 0 radical (unpaired) electrons. The lowest BCUT2D eigenvalue weighted by atomic mass is 10.1. The second-order valence-electron chi connectivity index (χ2n) is 4.63. The number of anilines is 1. The summed E-state index contributed by atoms with van der Waals surface area (Å²) in [6, 6.07) is 17.5. The molecular weight excluding hydrogens is 266 g/mol. The van der Waals surface area contributed by atoms with E-state index in [1.807, 2.05) is 54.6 Å². The van der Waals surface area contributed by atoms with E-state index >= 15 is 0 Å². The van der Waals surface area contributed by atoms with E-state index < -0.39 is 5.97 Å². The summed E-state index contributed by atoms with van der Waals surface area (Å²) in [6.07, 6.45) is 1.03. The monoisotopic (exact) mass is 281 g/mol. The third-order valence-corrected chi connectivity index (χ3v) is 3.28. The predicted octanol–water partition coefficient (Wildman–Crippen LogP) is 3.34. The van der Waals surface area contributed by atoms with Gasteiger partial charge in [0.2, 0.25) is 0 Å². The number of fused-ring (bicyclic) bond motifs is 1. The van der Waals surface area contributed by atoms with Crippen molar-refractivity contribution in [2.45, 2.75) is 6.23 Å². The SMILES string of the molecule is COC(=O)C=C1OC(c2ccccc2)Nc2ccccc21. The second kappa shape index (κ2) is 5.71. The summed E-state index contributed by atoms with van der Waals surface area (Å²) in [5.74, 6) is 0.0681. The Bertz CT molecular complexity index is 679. The molecule has 0 saturated heterocycles. The van der Waals surface area contributed by atoms with Crippen LogP contribution in [0.3, 0.4) is 0 Å². The molecular formula is C17H15NO3. The lowest BCUT2D eigenvalue weighted by molar-refractivity contribution is -0.134. The molecule has 0 bridgehead atoms. The molecule has 0 fully saturated rings. The molecule has 106 valence electrons. The third-order valence-electron chi connectivity index (χ3n) is 3.28. The van der Waals surface area contributed by atoms with Gasteiger partial charge in [-0.1, -0.05) is 42.5 Å². The quantitative estimate of drug-likeness (QED) is 0.677. The van der Waals surface area contributed by atoms with Crippen LogP contribution in [-0.4, -0.2) is 13.1 Å². The average molecular weight is 281 g/mol. The van der Waals surface area contributed by atoms with Crippen LogP contribution in [0.2, 0.25) is 0 Å². The van der Waals surface area contributed by atoms with Crippen LogP contribution >= 0.6 is 0 Å². The van der Waals surface area contributed by atoms with Crippen LogP contribution in [0.1, 0.15) is 17.4 Å². The van der Waals surface area contributed by atoms with Crippen LogP contribution in [-0.2, 0) is 14.3 Å². The lowest BCUT2D eigenvalue weighted by Crippen LogP contribution is -2.20. The van der Waals surface area contributed by atoms with E-state index in [2.05, 4.69) is 5.32 Å². The van der Waals surface area contributed by atoms with Gasteiger partial charge in [0, 0.05) is 16.8 Å². The number of rotatable bonds is 2. The Hall–Kier alpha value is -2.75. The maximum Gasteiger partial charge on any atom is 0.334 e. The van der Waals surface area contributed by atoms with Crippen molar-refractivity contribution in [2.24, 2.45) is 0 Å². The van der Waals surface area contributed by atoms with Crippen LogP contribution in [0.25, 0.3) is 5.76 Å². The van der Waals surface area contributed by atoms with Crippen molar-refractivity contribution in [3.63, 3.8) is 0 Å². The van der Waals surface area contributed by atoms with E-state index in [4.69, 9.17) is 9.47 Å². The Balaban J connectivity index is 2.01. The van der Waals surface area contributed by atoms with Gasteiger partial charge >= 0.3 is 5.97 Å². The van der Waals surface area contributed by atoms with E-state index in [-0.39, 0.29) is 6.23 Å². The van der Waals surface area contributed by atoms with Crippen molar-refractivity contribution in [1.29, 1.82) is 0 Å². The molecule has 1 aliphatic heterocycles. The predicted molar refractivity (Wildman–Crippen MR) is 80.3 cm³/mol. The molecule has 1 unspecified atom stereocenters. The molecule has 0 aromatic heterocycles. The van der Waals surface area contributed by atoms with E-state index in [1.165, 1.54) is 13.2 Å².